The maximum absolute atomic E-state index is 12.3. The number of halogens is 1. The molecule has 1 atom stereocenters. The van der Waals surface area contributed by atoms with Crippen molar-refractivity contribution in [3.8, 4) is 5.75 Å². The highest BCUT2D eigenvalue weighted by molar-refractivity contribution is 6.32. The number of benzene rings is 2. The van der Waals surface area contributed by atoms with E-state index in [9.17, 15) is 9.59 Å². The number of amides is 2. The fourth-order valence-electron chi connectivity index (χ4n) is 2.60. The normalized spacial score (nSPS) is 11.5. The molecule has 0 radical (unpaired) electrons. The molecule has 5 nitrogen and oxygen atoms in total. The van der Waals surface area contributed by atoms with Crippen LogP contribution >= 0.6 is 11.6 Å². The summed E-state index contributed by atoms with van der Waals surface area (Å²) in [5.74, 6) is 0.186. The van der Waals surface area contributed by atoms with E-state index in [2.05, 4.69) is 17.6 Å². The summed E-state index contributed by atoms with van der Waals surface area (Å²) in [4.78, 5) is 24.2. The standard InChI is InChI=1S/C22H27ClN2O3/c1-3-4-5-6-11-21(26)24-17-12-14-18(15-13-17)25-22(27)16(2)28-20-10-8-7-9-19(20)23/h7-10,12-16H,3-6,11H2,1-2H3,(H,24,26)(H,25,27). The van der Waals surface area contributed by atoms with Crippen molar-refractivity contribution in [2.45, 2.75) is 52.1 Å². The zero-order chi connectivity index (χ0) is 20.4. The zero-order valence-electron chi connectivity index (χ0n) is 16.3. The molecule has 0 aliphatic heterocycles. The summed E-state index contributed by atoms with van der Waals surface area (Å²) in [6, 6.07) is 14.0. The summed E-state index contributed by atoms with van der Waals surface area (Å²) in [6.45, 7) is 3.80. The van der Waals surface area contributed by atoms with Crippen molar-refractivity contribution in [1.29, 1.82) is 0 Å². The van der Waals surface area contributed by atoms with Gasteiger partial charge in [-0.25, -0.2) is 0 Å². The maximum atomic E-state index is 12.3. The molecule has 0 heterocycles. The molecule has 2 amide bonds. The number of ether oxygens (including phenoxy) is 1. The fourth-order valence-corrected chi connectivity index (χ4v) is 2.78. The molecule has 0 aromatic heterocycles. The number of hydrogen-bond donors (Lipinski definition) is 2. The van der Waals surface area contributed by atoms with E-state index in [0.29, 0.717) is 28.6 Å². The number of rotatable bonds is 10. The van der Waals surface area contributed by atoms with Crippen LogP contribution in [0.1, 0.15) is 46.0 Å². The molecule has 150 valence electrons. The van der Waals surface area contributed by atoms with Crippen molar-refractivity contribution < 1.29 is 14.3 Å². The maximum Gasteiger partial charge on any atom is 0.265 e. The van der Waals surface area contributed by atoms with Crippen LogP contribution in [0.3, 0.4) is 0 Å². The second kappa shape index (κ2) is 11.3. The van der Waals surface area contributed by atoms with Crippen molar-refractivity contribution >= 4 is 34.8 Å². The Balaban J connectivity index is 1.82. The predicted molar refractivity (Wildman–Crippen MR) is 114 cm³/mol. The molecule has 2 rings (SSSR count). The van der Waals surface area contributed by atoms with Gasteiger partial charge in [-0.2, -0.15) is 0 Å². The monoisotopic (exact) mass is 402 g/mol. The molecule has 2 N–H and O–H groups in total. The Kier molecular flexibility index (Phi) is 8.82. The summed E-state index contributed by atoms with van der Waals surface area (Å²) in [7, 11) is 0. The van der Waals surface area contributed by atoms with E-state index in [4.69, 9.17) is 16.3 Å². The molecule has 0 spiro atoms. The third-order valence-electron chi connectivity index (χ3n) is 4.20. The minimum Gasteiger partial charge on any atom is -0.479 e. The van der Waals surface area contributed by atoms with Crippen LogP contribution in [0.2, 0.25) is 5.02 Å². The Hall–Kier alpha value is -2.53. The minimum atomic E-state index is -0.706. The molecular formula is C22H27ClN2O3. The van der Waals surface area contributed by atoms with Gasteiger partial charge in [-0.1, -0.05) is 49.9 Å². The first-order valence-corrected chi connectivity index (χ1v) is 9.99. The lowest BCUT2D eigenvalue weighted by molar-refractivity contribution is -0.122. The van der Waals surface area contributed by atoms with Gasteiger partial charge in [0.15, 0.2) is 6.10 Å². The molecular weight excluding hydrogens is 376 g/mol. The SMILES string of the molecule is CCCCCCC(=O)Nc1ccc(NC(=O)C(C)Oc2ccccc2Cl)cc1. The highest BCUT2D eigenvalue weighted by Crippen LogP contribution is 2.24. The molecule has 0 aliphatic rings. The Morgan fingerprint density at radius 1 is 0.964 bits per heavy atom. The van der Waals surface area contributed by atoms with Crippen LogP contribution < -0.4 is 15.4 Å². The lowest BCUT2D eigenvalue weighted by Gasteiger charge is -2.15. The summed E-state index contributed by atoms with van der Waals surface area (Å²) in [6.07, 6.45) is 4.09. The van der Waals surface area contributed by atoms with Crippen LogP contribution in [0.5, 0.6) is 5.75 Å². The number of carbonyl (C=O) groups excluding carboxylic acids is 2. The molecule has 0 aliphatic carbocycles. The number of carbonyl (C=O) groups is 2. The van der Waals surface area contributed by atoms with Gasteiger partial charge in [0.2, 0.25) is 5.91 Å². The van der Waals surface area contributed by atoms with Crippen LogP contribution in [0.25, 0.3) is 0 Å². The van der Waals surface area contributed by atoms with Gasteiger partial charge in [-0.3, -0.25) is 9.59 Å². The van der Waals surface area contributed by atoms with Gasteiger partial charge in [-0.15, -0.1) is 0 Å². The first kappa shape index (κ1) is 21.8. The van der Waals surface area contributed by atoms with Gasteiger partial charge < -0.3 is 15.4 Å². The van der Waals surface area contributed by atoms with Gasteiger partial charge in [0.1, 0.15) is 5.75 Å². The van der Waals surface area contributed by atoms with Gasteiger partial charge >= 0.3 is 0 Å². The number of unbranched alkanes of at least 4 members (excludes halogenated alkanes) is 3. The highest BCUT2D eigenvalue weighted by atomic mass is 35.5. The van der Waals surface area contributed by atoms with E-state index < -0.39 is 6.10 Å². The Morgan fingerprint density at radius 2 is 1.61 bits per heavy atom. The Bertz CT molecular complexity index is 778. The van der Waals surface area contributed by atoms with Crippen LogP contribution in [0.4, 0.5) is 11.4 Å². The number of anilines is 2. The quantitative estimate of drug-likeness (QED) is 0.504. The topological polar surface area (TPSA) is 67.4 Å². The number of para-hydroxylation sites is 1. The van der Waals surface area contributed by atoms with Crippen LogP contribution in [0.15, 0.2) is 48.5 Å². The molecule has 2 aromatic carbocycles. The third kappa shape index (κ3) is 7.24. The first-order chi connectivity index (χ1) is 13.5. The second-order valence-corrected chi connectivity index (χ2v) is 7.02. The Morgan fingerprint density at radius 3 is 2.25 bits per heavy atom. The smallest absolute Gasteiger partial charge is 0.265 e. The van der Waals surface area contributed by atoms with Crippen molar-refractivity contribution in [2.24, 2.45) is 0 Å². The van der Waals surface area contributed by atoms with Crippen LogP contribution in [-0.2, 0) is 9.59 Å². The van der Waals surface area contributed by atoms with E-state index in [1.165, 1.54) is 0 Å². The van der Waals surface area contributed by atoms with E-state index in [1.54, 1.807) is 55.5 Å². The fraction of sp³-hybridized carbons (Fsp3) is 0.364. The van der Waals surface area contributed by atoms with Crippen molar-refractivity contribution in [2.75, 3.05) is 10.6 Å². The van der Waals surface area contributed by atoms with Gasteiger partial charge in [0.25, 0.3) is 5.91 Å². The summed E-state index contributed by atoms with van der Waals surface area (Å²) in [5.41, 5.74) is 1.33. The molecule has 0 saturated carbocycles. The Labute approximate surface area is 171 Å². The van der Waals surface area contributed by atoms with Crippen LogP contribution in [-0.4, -0.2) is 17.9 Å². The van der Waals surface area contributed by atoms with E-state index in [1.807, 2.05) is 0 Å². The summed E-state index contributed by atoms with van der Waals surface area (Å²) < 4.78 is 5.61. The van der Waals surface area contributed by atoms with Crippen molar-refractivity contribution in [3.63, 3.8) is 0 Å². The van der Waals surface area contributed by atoms with Gasteiger partial charge in [-0.05, 0) is 49.7 Å². The van der Waals surface area contributed by atoms with E-state index >= 15 is 0 Å². The average molecular weight is 403 g/mol. The largest absolute Gasteiger partial charge is 0.479 e. The lowest BCUT2D eigenvalue weighted by atomic mass is 10.1. The average Bonchev–Trinajstić information content (AvgIpc) is 2.68. The van der Waals surface area contributed by atoms with E-state index in [0.717, 1.165) is 25.7 Å². The van der Waals surface area contributed by atoms with Crippen molar-refractivity contribution in [3.05, 3.63) is 53.6 Å². The molecule has 28 heavy (non-hydrogen) atoms. The molecule has 1 unspecified atom stereocenters. The van der Waals surface area contributed by atoms with Crippen molar-refractivity contribution in [1.82, 2.24) is 0 Å². The first-order valence-electron chi connectivity index (χ1n) is 9.61. The predicted octanol–water partition coefficient (Wildman–Crippen LogP) is 5.65. The van der Waals surface area contributed by atoms with Crippen LogP contribution in [0, 0.1) is 0 Å². The molecule has 6 heteroatoms. The second-order valence-electron chi connectivity index (χ2n) is 6.62. The minimum absolute atomic E-state index is 0.00894. The molecule has 0 fully saturated rings. The molecule has 0 bridgehead atoms. The number of hydrogen-bond acceptors (Lipinski definition) is 3. The molecule has 2 aromatic rings. The van der Waals surface area contributed by atoms with Gasteiger partial charge in [0, 0.05) is 17.8 Å². The van der Waals surface area contributed by atoms with E-state index in [-0.39, 0.29) is 11.8 Å². The number of nitrogens with one attached hydrogen (secondary N) is 2. The highest BCUT2D eigenvalue weighted by Gasteiger charge is 2.16. The van der Waals surface area contributed by atoms with Gasteiger partial charge in [0.05, 0.1) is 5.02 Å². The summed E-state index contributed by atoms with van der Waals surface area (Å²) >= 11 is 6.05. The summed E-state index contributed by atoms with van der Waals surface area (Å²) in [5, 5.41) is 6.12. The molecule has 0 saturated heterocycles. The lowest BCUT2D eigenvalue weighted by Crippen LogP contribution is -2.30. The zero-order valence-corrected chi connectivity index (χ0v) is 17.1. The third-order valence-corrected chi connectivity index (χ3v) is 4.52.